The Morgan fingerprint density at radius 2 is 1.71 bits per heavy atom. The quantitative estimate of drug-likeness (QED) is 0.345. The normalized spacial score (nSPS) is 24.9. The van der Waals surface area contributed by atoms with E-state index in [9.17, 15) is 10.2 Å². The van der Waals surface area contributed by atoms with Crippen LogP contribution in [0, 0.1) is 0 Å². The van der Waals surface area contributed by atoms with Gasteiger partial charge in [0.2, 0.25) is 0 Å². The summed E-state index contributed by atoms with van der Waals surface area (Å²) >= 11 is 5.23. The number of aliphatic hydroxyl groups is 3. The number of ether oxygens (including phenoxy) is 2. The summed E-state index contributed by atoms with van der Waals surface area (Å²) in [6.45, 7) is 1.89. The van der Waals surface area contributed by atoms with Crippen LogP contribution < -0.4 is 0 Å². The first-order valence-electron chi connectivity index (χ1n) is 9.38. The molecule has 0 aromatic carbocycles. The predicted molar refractivity (Wildman–Crippen MR) is 98.2 cm³/mol. The molecule has 1 aliphatic heterocycles. The van der Waals surface area contributed by atoms with Gasteiger partial charge in [0.15, 0.2) is 11.2 Å². The monoisotopic (exact) mass is 362 g/mol. The summed E-state index contributed by atoms with van der Waals surface area (Å²) in [4.78, 5) is 0. The zero-order valence-corrected chi connectivity index (χ0v) is 15.7. The summed E-state index contributed by atoms with van der Waals surface area (Å²) in [6.07, 6.45) is 8.59. The zero-order valence-electron chi connectivity index (χ0n) is 14.9. The summed E-state index contributed by atoms with van der Waals surface area (Å²) in [7, 11) is 0. The first kappa shape index (κ1) is 21.8. The SMILES string of the molecule is CCCCCCCCCCCC(=S)O[C@H]1[C@@H]([C@H](O)CO)OC[C@@H]1O. The van der Waals surface area contributed by atoms with E-state index in [1.807, 2.05) is 0 Å². The second kappa shape index (κ2) is 13.0. The highest BCUT2D eigenvalue weighted by atomic mass is 32.1. The lowest BCUT2D eigenvalue weighted by atomic mass is 10.1. The van der Waals surface area contributed by atoms with Crippen molar-refractivity contribution in [1.29, 1.82) is 0 Å². The molecule has 4 atom stereocenters. The lowest BCUT2D eigenvalue weighted by Crippen LogP contribution is -2.43. The molecular formula is C18H34O5S. The van der Waals surface area contributed by atoms with Crippen LogP contribution in [0.25, 0.3) is 0 Å². The molecule has 0 spiro atoms. The average Bonchev–Trinajstić information content (AvgIpc) is 2.93. The van der Waals surface area contributed by atoms with Gasteiger partial charge in [-0.05, 0) is 18.6 Å². The van der Waals surface area contributed by atoms with E-state index < -0.39 is 31.0 Å². The van der Waals surface area contributed by atoms with Gasteiger partial charge in [-0.1, -0.05) is 58.3 Å². The van der Waals surface area contributed by atoms with E-state index in [4.69, 9.17) is 26.8 Å². The molecule has 6 heteroatoms. The van der Waals surface area contributed by atoms with Gasteiger partial charge in [-0.15, -0.1) is 0 Å². The van der Waals surface area contributed by atoms with Gasteiger partial charge in [0.1, 0.15) is 18.3 Å². The van der Waals surface area contributed by atoms with Crippen molar-refractivity contribution in [1.82, 2.24) is 0 Å². The molecule has 24 heavy (non-hydrogen) atoms. The summed E-state index contributed by atoms with van der Waals surface area (Å²) in [5, 5.41) is 29.1. The lowest BCUT2D eigenvalue weighted by Gasteiger charge is -2.24. The molecule has 0 aromatic rings. The molecule has 1 aliphatic rings. The van der Waals surface area contributed by atoms with Crippen molar-refractivity contribution in [3.05, 3.63) is 0 Å². The van der Waals surface area contributed by atoms with E-state index in [0.717, 1.165) is 12.8 Å². The molecule has 142 valence electrons. The van der Waals surface area contributed by atoms with Gasteiger partial charge in [-0.3, -0.25) is 0 Å². The molecule has 0 saturated carbocycles. The fourth-order valence-electron chi connectivity index (χ4n) is 2.99. The lowest BCUT2D eigenvalue weighted by molar-refractivity contribution is -0.0642. The van der Waals surface area contributed by atoms with Gasteiger partial charge < -0.3 is 24.8 Å². The van der Waals surface area contributed by atoms with E-state index >= 15 is 0 Å². The number of unbranched alkanes of at least 4 members (excludes halogenated alkanes) is 8. The van der Waals surface area contributed by atoms with Crippen LogP contribution in [-0.2, 0) is 9.47 Å². The Hall–Kier alpha value is -0.270. The Morgan fingerprint density at radius 3 is 2.29 bits per heavy atom. The number of hydrogen-bond acceptors (Lipinski definition) is 6. The van der Waals surface area contributed by atoms with Crippen molar-refractivity contribution in [2.24, 2.45) is 0 Å². The van der Waals surface area contributed by atoms with Crippen LogP contribution >= 0.6 is 12.2 Å². The minimum Gasteiger partial charge on any atom is -0.478 e. The average molecular weight is 363 g/mol. The first-order valence-corrected chi connectivity index (χ1v) is 9.79. The number of rotatable bonds is 13. The molecule has 1 rings (SSSR count). The molecule has 0 bridgehead atoms. The van der Waals surface area contributed by atoms with Crippen LogP contribution in [0.1, 0.15) is 71.1 Å². The summed E-state index contributed by atoms with van der Waals surface area (Å²) in [6, 6.07) is 0. The second-order valence-corrected chi connectivity index (χ2v) is 7.10. The molecule has 0 radical (unpaired) electrons. The van der Waals surface area contributed by atoms with Crippen molar-refractivity contribution in [3.8, 4) is 0 Å². The summed E-state index contributed by atoms with van der Waals surface area (Å²) in [5.74, 6) is 0. The smallest absolute Gasteiger partial charge is 0.160 e. The standard InChI is InChI=1S/C18H34O5S/c1-2-3-4-5-6-7-8-9-10-11-16(24)23-18-15(21)13-22-17(18)14(20)12-19/h14-15,17-21H,2-13H2,1H3/t14-,15+,17-,18-/m1/s1. The van der Waals surface area contributed by atoms with Gasteiger partial charge in [0, 0.05) is 6.42 Å². The Kier molecular flexibility index (Phi) is 11.8. The molecular weight excluding hydrogens is 328 g/mol. The van der Waals surface area contributed by atoms with Crippen LogP contribution in [0.3, 0.4) is 0 Å². The molecule has 5 nitrogen and oxygen atoms in total. The molecule has 1 heterocycles. The Balaban J connectivity index is 2.10. The maximum absolute atomic E-state index is 9.88. The topological polar surface area (TPSA) is 79.2 Å². The van der Waals surface area contributed by atoms with Crippen LogP contribution in [0.5, 0.6) is 0 Å². The van der Waals surface area contributed by atoms with Gasteiger partial charge in [-0.25, -0.2) is 0 Å². The van der Waals surface area contributed by atoms with Crippen LogP contribution in [0.15, 0.2) is 0 Å². The number of hydrogen-bond donors (Lipinski definition) is 3. The number of aliphatic hydroxyl groups excluding tert-OH is 3. The van der Waals surface area contributed by atoms with Crippen molar-refractivity contribution >= 4 is 17.3 Å². The molecule has 1 saturated heterocycles. The van der Waals surface area contributed by atoms with E-state index in [-0.39, 0.29) is 6.61 Å². The van der Waals surface area contributed by atoms with E-state index in [0.29, 0.717) is 11.5 Å². The zero-order chi connectivity index (χ0) is 17.8. The van der Waals surface area contributed by atoms with Crippen LogP contribution in [-0.4, -0.2) is 58.0 Å². The van der Waals surface area contributed by atoms with Crippen LogP contribution in [0.4, 0.5) is 0 Å². The fraction of sp³-hybridized carbons (Fsp3) is 0.944. The summed E-state index contributed by atoms with van der Waals surface area (Å²) < 4.78 is 10.9. The number of thiocarbonyl (C=S) groups is 1. The molecule has 0 aromatic heterocycles. The molecule has 0 aliphatic carbocycles. The Bertz CT molecular complexity index is 339. The summed E-state index contributed by atoms with van der Waals surface area (Å²) in [5.41, 5.74) is 0. The third kappa shape index (κ3) is 8.21. The highest BCUT2D eigenvalue weighted by Crippen LogP contribution is 2.22. The van der Waals surface area contributed by atoms with Crippen molar-refractivity contribution in [3.63, 3.8) is 0 Å². The molecule has 1 fully saturated rings. The van der Waals surface area contributed by atoms with Gasteiger partial charge in [-0.2, -0.15) is 0 Å². The second-order valence-electron chi connectivity index (χ2n) is 6.65. The minimum absolute atomic E-state index is 0.0903. The van der Waals surface area contributed by atoms with Gasteiger partial charge >= 0.3 is 0 Å². The van der Waals surface area contributed by atoms with Crippen LogP contribution in [0.2, 0.25) is 0 Å². The highest BCUT2D eigenvalue weighted by Gasteiger charge is 2.42. The van der Waals surface area contributed by atoms with Crippen molar-refractivity contribution in [2.75, 3.05) is 13.2 Å². The fourth-order valence-corrected chi connectivity index (χ4v) is 3.24. The molecule has 0 amide bonds. The third-order valence-electron chi connectivity index (χ3n) is 4.48. The van der Waals surface area contributed by atoms with E-state index in [1.54, 1.807) is 0 Å². The highest BCUT2D eigenvalue weighted by molar-refractivity contribution is 7.80. The minimum atomic E-state index is -1.07. The molecule has 0 unspecified atom stereocenters. The Labute approximate surface area is 151 Å². The predicted octanol–water partition coefficient (Wildman–Crippen LogP) is 2.73. The van der Waals surface area contributed by atoms with Gasteiger partial charge in [0.25, 0.3) is 0 Å². The Morgan fingerprint density at radius 1 is 1.12 bits per heavy atom. The maximum Gasteiger partial charge on any atom is 0.160 e. The molecule has 3 N–H and O–H groups in total. The largest absolute Gasteiger partial charge is 0.478 e. The van der Waals surface area contributed by atoms with Gasteiger partial charge in [0.05, 0.1) is 13.2 Å². The van der Waals surface area contributed by atoms with E-state index in [1.165, 1.54) is 44.9 Å². The van der Waals surface area contributed by atoms with Crippen molar-refractivity contribution in [2.45, 2.75) is 95.5 Å². The third-order valence-corrected chi connectivity index (χ3v) is 4.78. The van der Waals surface area contributed by atoms with E-state index in [2.05, 4.69) is 6.92 Å². The maximum atomic E-state index is 9.88. The van der Waals surface area contributed by atoms with Crippen molar-refractivity contribution < 1.29 is 24.8 Å². The first-order chi connectivity index (χ1) is 11.6.